The van der Waals surface area contributed by atoms with Crippen LogP contribution < -0.4 is 10.6 Å². The van der Waals surface area contributed by atoms with Crippen molar-refractivity contribution in [3.05, 3.63) is 52.3 Å². The fourth-order valence-corrected chi connectivity index (χ4v) is 3.03. The number of benzene rings is 1. The molecule has 0 saturated carbocycles. The normalized spacial score (nSPS) is 11.6. The number of halogens is 1. The van der Waals surface area contributed by atoms with Crippen molar-refractivity contribution in [3.8, 4) is 0 Å². The van der Waals surface area contributed by atoms with Crippen LogP contribution in [0.1, 0.15) is 54.4 Å². The highest BCUT2D eigenvalue weighted by Gasteiger charge is 2.30. The van der Waals surface area contributed by atoms with Crippen molar-refractivity contribution < 1.29 is 19.1 Å². The number of imide groups is 1. The summed E-state index contributed by atoms with van der Waals surface area (Å²) in [5.74, 6) is -1.54. The molecule has 0 unspecified atom stereocenters. The highest BCUT2D eigenvalue weighted by atomic mass is 35.5. The standard InChI is InChI=1S/C20H25ClN4O4/c1-4-6-12-25-17(21)15(13(3)24-25)19(27)29-16(14-10-8-7-9-11-14)18(26)23-20(28)22-5-2/h7-11,16H,4-6,12H2,1-3H3,(H2,22,23,26,28)/t16-/m1/s1. The van der Waals surface area contributed by atoms with Gasteiger partial charge in [-0.15, -0.1) is 0 Å². The van der Waals surface area contributed by atoms with E-state index in [1.165, 1.54) is 0 Å². The number of carbonyl (C=O) groups is 3. The topological polar surface area (TPSA) is 102 Å². The van der Waals surface area contributed by atoms with Crippen LogP contribution in [0.5, 0.6) is 0 Å². The van der Waals surface area contributed by atoms with Crippen molar-refractivity contribution in [3.63, 3.8) is 0 Å². The van der Waals surface area contributed by atoms with Gasteiger partial charge in [-0.25, -0.2) is 9.59 Å². The van der Waals surface area contributed by atoms with Crippen molar-refractivity contribution in [2.45, 2.75) is 46.3 Å². The Balaban J connectivity index is 2.27. The van der Waals surface area contributed by atoms with Crippen LogP contribution in [0.3, 0.4) is 0 Å². The van der Waals surface area contributed by atoms with Crippen LogP contribution in [0.4, 0.5) is 4.79 Å². The maximum Gasteiger partial charge on any atom is 0.344 e. The number of unbranched alkanes of at least 4 members (excludes halogenated alkanes) is 1. The molecule has 0 radical (unpaired) electrons. The number of rotatable bonds is 8. The van der Waals surface area contributed by atoms with Crippen LogP contribution in [-0.2, 0) is 16.1 Å². The number of aromatic nitrogens is 2. The number of hydrogen-bond donors (Lipinski definition) is 2. The van der Waals surface area contributed by atoms with E-state index in [9.17, 15) is 14.4 Å². The van der Waals surface area contributed by atoms with Gasteiger partial charge in [-0.2, -0.15) is 5.10 Å². The molecule has 0 aliphatic heterocycles. The Hall–Kier alpha value is -2.87. The Morgan fingerprint density at radius 2 is 1.90 bits per heavy atom. The number of ether oxygens (including phenoxy) is 1. The minimum absolute atomic E-state index is 0.106. The summed E-state index contributed by atoms with van der Waals surface area (Å²) >= 11 is 6.33. The molecule has 1 heterocycles. The van der Waals surface area contributed by atoms with Crippen molar-refractivity contribution in [1.29, 1.82) is 0 Å². The molecule has 2 N–H and O–H groups in total. The van der Waals surface area contributed by atoms with Gasteiger partial charge in [0.05, 0.1) is 5.69 Å². The fraction of sp³-hybridized carbons (Fsp3) is 0.400. The Bertz CT molecular complexity index is 867. The highest BCUT2D eigenvalue weighted by Crippen LogP contribution is 2.25. The monoisotopic (exact) mass is 420 g/mol. The molecule has 0 fully saturated rings. The number of amides is 3. The van der Waals surface area contributed by atoms with Crippen molar-refractivity contribution in [2.75, 3.05) is 6.54 Å². The number of esters is 1. The molecule has 0 spiro atoms. The summed E-state index contributed by atoms with van der Waals surface area (Å²) in [7, 11) is 0. The van der Waals surface area contributed by atoms with Gasteiger partial charge in [-0.1, -0.05) is 55.3 Å². The van der Waals surface area contributed by atoms with Gasteiger partial charge in [0.15, 0.2) is 0 Å². The molecule has 1 aromatic heterocycles. The van der Waals surface area contributed by atoms with Crippen molar-refractivity contribution in [2.24, 2.45) is 0 Å². The Morgan fingerprint density at radius 3 is 2.52 bits per heavy atom. The first-order valence-electron chi connectivity index (χ1n) is 9.46. The molecule has 0 aliphatic rings. The molecule has 0 saturated heterocycles. The molecular weight excluding hydrogens is 396 g/mol. The van der Waals surface area contributed by atoms with Gasteiger partial charge >= 0.3 is 12.0 Å². The summed E-state index contributed by atoms with van der Waals surface area (Å²) in [6.45, 7) is 6.33. The van der Waals surface area contributed by atoms with E-state index >= 15 is 0 Å². The van der Waals surface area contributed by atoms with E-state index in [1.54, 1.807) is 48.9 Å². The smallest absolute Gasteiger partial charge is 0.344 e. The van der Waals surface area contributed by atoms with Gasteiger partial charge in [0.25, 0.3) is 5.91 Å². The van der Waals surface area contributed by atoms with Gasteiger partial charge in [0.1, 0.15) is 10.7 Å². The maximum atomic E-state index is 12.8. The quantitative estimate of drug-likeness (QED) is 0.637. The van der Waals surface area contributed by atoms with Crippen LogP contribution >= 0.6 is 11.6 Å². The molecule has 1 aromatic carbocycles. The molecule has 8 nitrogen and oxygen atoms in total. The molecule has 0 bridgehead atoms. The van der Waals surface area contributed by atoms with E-state index in [-0.39, 0.29) is 10.7 Å². The predicted octanol–water partition coefficient (Wildman–Crippen LogP) is 3.39. The Morgan fingerprint density at radius 1 is 1.21 bits per heavy atom. The van der Waals surface area contributed by atoms with Crippen LogP contribution in [0.2, 0.25) is 5.15 Å². The first-order valence-corrected chi connectivity index (χ1v) is 9.84. The zero-order chi connectivity index (χ0) is 21.4. The molecule has 9 heteroatoms. The van der Waals surface area contributed by atoms with Crippen LogP contribution in [0.15, 0.2) is 30.3 Å². The van der Waals surface area contributed by atoms with Gasteiger partial charge < -0.3 is 10.1 Å². The Kier molecular flexibility index (Phi) is 8.21. The lowest BCUT2D eigenvalue weighted by Gasteiger charge is -2.17. The zero-order valence-electron chi connectivity index (χ0n) is 16.7. The van der Waals surface area contributed by atoms with E-state index in [2.05, 4.69) is 15.7 Å². The largest absolute Gasteiger partial charge is 0.444 e. The summed E-state index contributed by atoms with van der Waals surface area (Å²) in [4.78, 5) is 37.2. The summed E-state index contributed by atoms with van der Waals surface area (Å²) in [6.07, 6.45) is 0.489. The second-order valence-electron chi connectivity index (χ2n) is 6.37. The SMILES string of the molecule is CCCCn1nc(C)c(C(=O)O[C@@H](C(=O)NC(=O)NCC)c2ccccc2)c1Cl. The molecule has 0 aliphatic carbocycles. The summed E-state index contributed by atoms with van der Waals surface area (Å²) in [5, 5.41) is 9.09. The predicted molar refractivity (Wildman–Crippen MR) is 109 cm³/mol. The van der Waals surface area contributed by atoms with E-state index in [0.717, 1.165) is 12.8 Å². The molecule has 3 amide bonds. The number of urea groups is 1. The molecule has 1 atom stereocenters. The van der Waals surface area contributed by atoms with Crippen LogP contribution in [0.25, 0.3) is 0 Å². The lowest BCUT2D eigenvalue weighted by molar-refractivity contribution is -0.129. The van der Waals surface area contributed by atoms with Crippen LogP contribution in [-0.4, -0.2) is 34.2 Å². The van der Waals surface area contributed by atoms with Gasteiger partial charge in [-0.3, -0.25) is 14.8 Å². The zero-order valence-corrected chi connectivity index (χ0v) is 17.5. The first kappa shape index (κ1) is 22.4. The number of nitrogens with one attached hydrogen (secondary N) is 2. The Labute approximate surface area is 174 Å². The van der Waals surface area contributed by atoms with E-state index in [0.29, 0.717) is 24.3 Å². The molecule has 29 heavy (non-hydrogen) atoms. The van der Waals surface area contributed by atoms with E-state index in [1.807, 2.05) is 6.92 Å². The molecule has 2 rings (SSSR count). The lowest BCUT2D eigenvalue weighted by Crippen LogP contribution is -2.42. The average molecular weight is 421 g/mol. The first-order chi connectivity index (χ1) is 13.9. The van der Waals surface area contributed by atoms with Crippen LogP contribution in [0, 0.1) is 6.92 Å². The maximum absolute atomic E-state index is 12.8. The summed E-state index contributed by atoms with van der Waals surface area (Å²) < 4.78 is 7.02. The highest BCUT2D eigenvalue weighted by molar-refractivity contribution is 6.32. The average Bonchev–Trinajstić information content (AvgIpc) is 2.98. The molecule has 2 aromatic rings. The minimum Gasteiger partial charge on any atom is -0.444 e. The van der Waals surface area contributed by atoms with Crippen molar-refractivity contribution in [1.82, 2.24) is 20.4 Å². The van der Waals surface area contributed by atoms with Gasteiger partial charge in [0.2, 0.25) is 6.10 Å². The lowest BCUT2D eigenvalue weighted by atomic mass is 10.1. The third-order valence-electron chi connectivity index (χ3n) is 4.13. The summed E-state index contributed by atoms with van der Waals surface area (Å²) in [5.41, 5.74) is 0.941. The molecule has 156 valence electrons. The minimum atomic E-state index is -1.32. The van der Waals surface area contributed by atoms with Gasteiger partial charge in [0, 0.05) is 18.7 Å². The second-order valence-corrected chi connectivity index (χ2v) is 6.73. The third kappa shape index (κ3) is 5.80. The van der Waals surface area contributed by atoms with Crippen molar-refractivity contribution >= 4 is 29.5 Å². The third-order valence-corrected chi connectivity index (χ3v) is 4.52. The van der Waals surface area contributed by atoms with E-state index in [4.69, 9.17) is 16.3 Å². The molecular formula is C20H25ClN4O4. The number of nitrogens with zero attached hydrogens (tertiary/aromatic N) is 2. The fourth-order valence-electron chi connectivity index (χ4n) is 2.69. The van der Waals surface area contributed by atoms with Gasteiger partial charge in [-0.05, 0) is 20.3 Å². The second kappa shape index (κ2) is 10.6. The number of aryl methyl sites for hydroxylation is 2. The number of carbonyl (C=O) groups excluding carboxylic acids is 3. The summed E-state index contributed by atoms with van der Waals surface area (Å²) in [6, 6.07) is 7.77. The van der Waals surface area contributed by atoms with E-state index < -0.39 is 24.0 Å². The number of hydrogen-bond acceptors (Lipinski definition) is 5.